The third-order valence-corrected chi connectivity index (χ3v) is 2.96. The molecule has 1 aromatic heterocycles. The Morgan fingerprint density at radius 1 is 1.16 bits per heavy atom. The molecule has 0 amide bonds. The Morgan fingerprint density at radius 3 is 2.58 bits per heavy atom. The van der Waals surface area contributed by atoms with Gasteiger partial charge in [-0.25, -0.2) is 0 Å². The Hall–Kier alpha value is -2.03. The van der Waals surface area contributed by atoms with Gasteiger partial charge in [-0.15, -0.1) is 0 Å². The van der Waals surface area contributed by atoms with E-state index in [4.69, 9.17) is 4.74 Å². The zero-order valence-corrected chi connectivity index (χ0v) is 11.7. The average Bonchev–Trinajstić information content (AvgIpc) is 2.40. The van der Waals surface area contributed by atoms with E-state index in [1.165, 1.54) is 11.1 Å². The van der Waals surface area contributed by atoms with E-state index < -0.39 is 0 Å². The van der Waals surface area contributed by atoms with Gasteiger partial charge < -0.3 is 10.1 Å². The second-order valence-electron chi connectivity index (χ2n) is 4.57. The summed E-state index contributed by atoms with van der Waals surface area (Å²) in [4.78, 5) is 4.41. The van der Waals surface area contributed by atoms with Crippen LogP contribution in [0.4, 0.5) is 5.82 Å². The number of hydrogen-bond donors (Lipinski definition) is 1. The molecule has 0 fully saturated rings. The predicted molar refractivity (Wildman–Crippen MR) is 78.6 cm³/mol. The van der Waals surface area contributed by atoms with E-state index in [2.05, 4.69) is 48.4 Å². The average molecular weight is 256 g/mol. The van der Waals surface area contributed by atoms with Gasteiger partial charge in [0.05, 0.1) is 6.61 Å². The number of rotatable bonds is 5. The maximum atomic E-state index is 5.40. The van der Waals surface area contributed by atoms with Crippen LogP contribution in [0.15, 0.2) is 42.5 Å². The number of ether oxygens (including phenoxy) is 1. The van der Waals surface area contributed by atoms with Crippen molar-refractivity contribution in [3.8, 4) is 5.88 Å². The summed E-state index contributed by atoms with van der Waals surface area (Å²) < 4.78 is 5.40. The summed E-state index contributed by atoms with van der Waals surface area (Å²) in [5.41, 5.74) is 2.52. The number of nitrogens with zero attached hydrogens (tertiary/aromatic N) is 1. The van der Waals surface area contributed by atoms with Crippen molar-refractivity contribution in [1.29, 1.82) is 0 Å². The molecule has 2 aromatic rings. The molecule has 0 aliphatic rings. The van der Waals surface area contributed by atoms with E-state index in [0.29, 0.717) is 12.5 Å². The van der Waals surface area contributed by atoms with Gasteiger partial charge in [0.25, 0.3) is 0 Å². The van der Waals surface area contributed by atoms with Crippen LogP contribution in [0.1, 0.15) is 31.0 Å². The van der Waals surface area contributed by atoms with E-state index in [-0.39, 0.29) is 6.04 Å². The highest BCUT2D eigenvalue weighted by Gasteiger charge is 2.06. The van der Waals surface area contributed by atoms with Gasteiger partial charge in [-0.2, -0.15) is 4.98 Å². The predicted octanol–water partition coefficient (Wildman–Crippen LogP) is 3.96. The van der Waals surface area contributed by atoms with Crippen molar-refractivity contribution in [2.24, 2.45) is 0 Å². The summed E-state index contributed by atoms with van der Waals surface area (Å²) in [5, 5.41) is 3.39. The van der Waals surface area contributed by atoms with Crippen LogP contribution >= 0.6 is 0 Å². The second-order valence-corrected chi connectivity index (χ2v) is 4.57. The summed E-state index contributed by atoms with van der Waals surface area (Å²) in [7, 11) is 0. The topological polar surface area (TPSA) is 34.1 Å². The van der Waals surface area contributed by atoms with Gasteiger partial charge in [-0.05, 0) is 32.4 Å². The molecule has 1 heterocycles. The molecule has 3 heteroatoms. The molecular formula is C16H20N2O. The highest BCUT2D eigenvalue weighted by atomic mass is 16.5. The lowest BCUT2D eigenvalue weighted by atomic mass is 10.1. The van der Waals surface area contributed by atoms with Crippen LogP contribution < -0.4 is 10.1 Å². The van der Waals surface area contributed by atoms with E-state index in [1.54, 1.807) is 0 Å². The summed E-state index contributed by atoms with van der Waals surface area (Å²) in [6, 6.07) is 14.5. The van der Waals surface area contributed by atoms with Crippen LogP contribution in [-0.2, 0) is 0 Å². The molecule has 1 unspecified atom stereocenters. The molecule has 1 atom stereocenters. The highest BCUT2D eigenvalue weighted by molar-refractivity contribution is 5.40. The minimum atomic E-state index is 0.213. The van der Waals surface area contributed by atoms with Crippen LogP contribution in [0.5, 0.6) is 5.88 Å². The lowest BCUT2D eigenvalue weighted by Crippen LogP contribution is -2.08. The van der Waals surface area contributed by atoms with E-state index >= 15 is 0 Å². The van der Waals surface area contributed by atoms with Gasteiger partial charge >= 0.3 is 0 Å². The molecule has 0 spiro atoms. The fourth-order valence-corrected chi connectivity index (χ4v) is 1.88. The first-order chi connectivity index (χ1) is 9.19. The number of anilines is 1. The molecule has 0 saturated heterocycles. The highest BCUT2D eigenvalue weighted by Crippen LogP contribution is 2.19. The molecule has 0 bridgehead atoms. The van der Waals surface area contributed by atoms with Gasteiger partial charge in [0.15, 0.2) is 0 Å². The monoisotopic (exact) mass is 256 g/mol. The smallest absolute Gasteiger partial charge is 0.215 e. The molecule has 0 saturated carbocycles. The van der Waals surface area contributed by atoms with Gasteiger partial charge in [-0.1, -0.05) is 35.9 Å². The molecule has 1 aromatic carbocycles. The number of aryl methyl sites for hydroxylation is 1. The molecule has 100 valence electrons. The van der Waals surface area contributed by atoms with E-state index in [1.807, 2.05) is 25.1 Å². The number of nitrogens with one attached hydrogen (secondary N) is 1. The molecule has 0 aliphatic heterocycles. The molecule has 0 radical (unpaired) electrons. The Morgan fingerprint density at radius 2 is 1.89 bits per heavy atom. The summed E-state index contributed by atoms with van der Waals surface area (Å²) >= 11 is 0. The third kappa shape index (κ3) is 3.71. The van der Waals surface area contributed by atoms with Crippen LogP contribution in [0.3, 0.4) is 0 Å². The number of pyridine rings is 1. The fourth-order valence-electron chi connectivity index (χ4n) is 1.88. The molecule has 3 nitrogen and oxygen atoms in total. The van der Waals surface area contributed by atoms with E-state index in [9.17, 15) is 0 Å². The maximum absolute atomic E-state index is 5.40. The maximum Gasteiger partial charge on any atom is 0.215 e. The van der Waals surface area contributed by atoms with Crippen molar-refractivity contribution in [2.75, 3.05) is 11.9 Å². The summed E-state index contributed by atoms with van der Waals surface area (Å²) in [5.74, 6) is 1.49. The number of hydrogen-bond acceptors (Lipinski definition) is 3. The van der Waals surface area contributed by atoms with Gasteiger partial charge in [0, 0.05) is 12.1 Å². The SMILES string of the molecule is CCOc1cccc(NC(C)c2ccc(C)cc2)n1. The first-order valence-corrected chi connectivity index (χ1v) is 6.62. The summed E-state index contributed by atoms with van der Waals surface area (Å²) in [6.07, 6.45) is 0. The molecule has 2 rings (SSSR count). The number of aromatic nitrogens is 1. The van der Waals surface area contributed by atoms with Crippen molar-refractivity contribution in [3.63, 3.8) is 0 Å². The fraction of sp³-hybridized carbons (Fsp3) is 0.312. The van der Waals surface area contributed by atoms with Crippen molar-refractivity contribution in [1.82, 2.24) is 4.98 Å². The zero-order valence-electron chi connectivity index (χ0n) is 11.7. The number of benzene rings is 1. The van der Waals surface area contributed by atoms with Crippen LogP contribution in [0.2, 0.25) is 0 Å². The van der Waals surface area contributed by atoms with Gasteiger partial charge in [0.2, 0.25) is 5.88 Å². The zero-order chi connectivity index (χ0) is 13.7. The van der Waals surface area contributed by atoms with Gasteiger partial charge in [-0.3, -0.25) is 0 Å². The van der Waals surface area contributed by atoms with Crippen molar-refractivity contribution >= 4 is 5.82 Å². The minimum absolute atomic E-state index is 0.213. The van der Waals surface area contributed by atoms with Crippen LogP contribution in [-0.4, -0.2) is 11.6 Å². The van der Waals surface area contributed by atoms with Crippen molar-refractivity contribution < 1.29 is 4.74 Å². The van der Waals surface area contributed by atoms with Crippen molar-refractivity contribution in [2.45, 2.75) is 26.8 Å². The normalized spacial score (nSPS) is 11.9. The largest absolute Gasteiger partial charge is 0.478 e. The lowest BCUT2D eigenvalue weighted by Gasteiger charge is -2.15. The Kier molecular flexibility index (Phi) is 4.39. The first-order valence-electron chi connectivity index (χ1n) is 6.62. The third-order valence-electron chi connectivity index (χ3n) is 2.96. The second kappa shape index (κ2) is 6.23. The Bertz CT molecular complexity index is 523. The Balaban J connectivity index is 2.07. The Labute approximate surface area is 114 Å². The molecule has 0 aliphatic carbocycles. The molecular weight excluding hydrogens is 236 g/mol. The minimum Gasteiger partial charge on any atom is -0.478 e. The van der Waals surface area contributed by atoms with Crippen molar-refractivity contribution in [3.05, 3.63) is 53.6 Å². The first kappa shape index (κ1) is 13.4. The standard InChI is InChI=1S/C16H20N2O/c1-4-19-16-7-5-6-15(18-16)17-13(3)14-10-8-12(2)9-11-14/h5-11,13H,4H2,1-3H3,(H,17,18). The summed E-state index contributed by atoms with van der Waals surface area (Å²) in [6.45, 7) is 6.80. The lowest BCUT2D eigenvalue weighted by molar-refractivity contribution is 0.327. The quantitative estimate of drug-likeness (QED) is 0.879. The van der Waals surface area contributed by atoms with Crippen LogP contribution in [0.25, 0.3) is 0 Å². The van der Waals surface area contributed by atoms with Gasteiger partial charge in [0.1, 0.15) is 5.82 Å². The molecule has 1 N–H and O–H groups in total. The molecule has 19 heavy (non-hydrogen) atoms. The van der Waals surface area contributed by atoms with E-state index in [0.717, 1.165) is 5.82 Å². The van der Waals surface area contributed by atoms with Crippen LogP contribution in [0, 0.1) is 6.92 Å².